The first kappa shape index (κ1) is 14.7. The molecule has 106 valence electrons. The number of amides is 1. The van der Waals surface area contributed by atoms with Crippen molar-refractivity contribution in [2.24, 2.45) is 5.73 Å². The van der Waals surface area contributed by atoms with E-state index < -0.39 is 6.04 Å². The molecule has 20 heavy (non-hydrogen) atoms. The molecule has 0 aliphatic heterocycles. The monoisotopic (exact) mass is 289 g/mol. The van der Waals surface area contributed by atoms with Crippen LogP contribution >= 0.6 is 11.3 Å². The molecular formula is C15H19N3OS. The third-order valence-electron chi connectivity index (χ3n) is 3.09. The molecule has 0 spiro atoms. The average molecular weight is 289 g/mol. The van der Waals surface area contributed by atoms with Crippen LogP contribution in [-0.4, -0.2) is 23.5 Å². The lowest BCUT2D eigenvalue weighted by Gasteiger charge is -2.14. The zero-order valence-electron chi connectivity index (χ0n) is 11.5. The number of thiazole rings is 1. The number of rotatable bonds is 6. The largest absolute Gasteiger partial charge is 0.354 e. The lowest BCUT2D eigenvalue weighted by molar-refractivity contribution is -0.122. The Bertz CT molecular complexity index is 527. The number of carbonyl (C=O) groups excluding carboxylic acids is 1. The highest BCUT2D eigenvalue weighted by Gasteiger charge is 2.16. The van der Waals surface area contributed by atoms with E-state index in [1.54, 1.807) is 17.5 Å². The molecular weight excluding hydrogens is 270 g/mol. The first-order chi connectivity index (χ1) is 9.66. The van der Waals surface area contributed by atoms with Gasteiger partial charge in [-0.25, -0.2) is 4.98 Å². The van der Waals surface area contributed by atoms with E-state index in [0.717, 1.165) is 10.6 Å². The number of aromatic nitrogens is 1. The van der Waals surface area contributed by atoms with Crippen LogP contribution in [0.15, 0.2) is 41.9 Å². The van der Waals surface area contributed by atoms with Crippen molar-refractivity contribution in [1.82, 2.24) is 10.3 Å². The van der Waals surface area contributed by atoms with Gasteiger partial charge in [0.05, 0.1) is 11.0 Å². The summed E-state index contributed by atoms with van der Waals surface area (Å²) in [6.45, 7) is 2.61. The fraction of sp³-hybridized carbons (Fsp3) is 0.333. The predicted molar refractivity (Wildman–Crippen MR) is 81.7 cm³/mol. The molecule has 2 rings (SSSR count). The van der Waals surface area contributed by atoms with E-state index in [1.165, 1.54) is 0 Å². The van der Waals surface area contributed by atoms with Crippen molar-refractivity contribution >= 4 is 17.2 Å². The summed E-state index contributed by atoms with van der Waals surface area (Å²) in [4.78, 5) is 16.2. The fourth-order valence-corrected chi connectivity index (χ4v) is 2.61. The van der Waals surface area contributed by atoms with E-state index in [9.17, 15) is 4.79 Å². The van der Waals surface area contributed by atoms with E-state index in [0.29, 0.717) is 13.0 Å². The van der Waals surface area contributed by atoms with Gasteiger partial charge in [-0.15, -0.1) is 11.3 Å². The lowest BCUT2D eigenvalue weighted by atomic mass is 10.1. The van der Waals surface area contributed by atoms with Crippen LogP contribution in [0.25, 0.3) is 0 Å². The van der Waals surface area contributed by atoms with Gasteiger partial charge in [0.2, 0.25) is 5.91 Å². The van der Waals surface area contributed by atoms with Gasteiger partial charge in [-0.2, -0.15) is 0 Å². The Balaban J connectivity index is 1.79. The van der Waals surface area contributed by atoms with Gasteiger partial charge >= 0.3 is 0 Å². The minimum absolute atomic E-state index is 0.114. The summed E-state index contributed by atoms with van der Waals surface area (Å²) in [7, 11) is 0. The average Bonchev–Trinajstić information content (AvgIpc) is 2.99. The molecule has 1 amide bonds. The highest BCUT2D eigenvalue weighted by molar-refractivity contribution is 7.09. The normalized spacial score (nSPS) is 13.7. The number of benzene rings is 1. The zero-order chi connectivity index (χ0) is 14.4. The van der Waals surface area contributed by atoms with Crippen molar-refractivity contribution < 1.29 is 4.79 Å². The second kappa shape index (κ2) is 7.17. The highest BCUT2D eigenvalue weighted by Crippen LogP contribution is 2.16. The summed E-state index contributed by atoms with van der Waals surface area (Å²) in [5, 5.41) is 5.86. The van der Waals surface area contributed by atoms with Crippen LogP contribution in [0, 0.1) is 0 Å². The molecule has 2 atom stereocenters. The second-order valence-electron chi connectivity index (χ2n) is 4.81. The van der Waals surface area contributed by atoms with Crippen molar-refractivity contribution in [2.45, 2.75) is 25.3 Å². The second-order valence-corrected chi connectivity index (χ2v) is 5.74. The first-order valence-electron chi connectivity index (χ1n) is 6.63. The highest BCUT2D eigenvalue weighted by atomic mass is 32.1. The number of nitrogens with one attached hydrogen (secondary N) is 1. The Kier molecular flexibility index (Phi) is 5.26. The maximum absolute atomic E-state index is 12.0. The van der Waals surface area contributed by atoms with Crippen LogP contribution in [0.1, 0.15) is 23.4 Å². The van der Waals surface area contributed by atoms with Crippen molar-refractivity contribution in [1.29, 1.82) is 0 Å². The molecule has 0 aliphatic rings. The summed E-state index contributed by atoms with van der Waals surface area (Å²) in [5.74, 6) is 0.0973. The van der Waals surface area contributed by atoms with E-state index >= 15 is 0 Å². The molecule has 0 saturated carbocycles. The molecule has 2 aromatic rings. The number of nitrogens with zero attached hydrogens (tertiary/aromatic N) is 1. The number of hydrogen-bond donors (Lipinski definition) is 2. The third kappa shape index (κ3) is 4.15. The van der Waals surface area contributed by atoms with Crippen LogP contribution in [0.3, 0.4) is 0 Å². The van der Waals surface area contributed by atoms with Crippen LogP contribution in [0.4, 0.5) is 0 Å². The van der Waals surface area contributed by atoms with Gasteiger partial charge < -0.3 is 11.1 Å². The Morgan fingerprint density at radius 2 is 2.15 bits per heavy atom. The Hall–Kier alpha value is -1.72. The minimum Gasteiger partial charge on any atom is -0.354 e. The molecule has 1 heterocycles. The Labute approximate surface area is 123 Å². The lowest BCUT2D eigenvalue weighted by Crippen LogP contribution is -2.43. The number of nitrogens with two attached hydrogens (primary N) is 1. The summed E-state index contributed by atoms with van der Waals surface area (Å²) in [5.41, 5.74) is 7.00. The minimum atomic E-state index is -0.513. The Morgan fingerprint density at radius 1 is 1.40 bits per heavy atom. The molecule has 0 bridgehead atoms. The van der Waals surface area contributed by atoms with E-state index in [4.69, 9.17) is 5.73 Å². The molecule has 4 nitrogen and oxygen atoms in total. The van der Waals surface area contributed by atoms with E-state index in [1.807, 2.05) is 42.6 Å². The summed E-state index contributed by atoms with van der Waals surface area (Å²) in [6.07, 6.45) is 2.33. The smallest absolute Gasteiger partial charge is 0.237 e. The van der Waals surface area contributed by atoms with Crippen LogP contribution in [0.2, 0.25) is 0 Å². The maximum atomic E-state index is 12.0. The maximum Gasteiger partial charge on any atom is 0.237 e. The van der Waals surface area contributed by atoms with Crippen LogP contribution in [0.5, 0.6) is 0 Å². The molecule has 0 saturated heterocycles. The van der Waals surface area contributed by atoms with Crippen molar-refractivity contribution in [3.8, 4) is 0 Å². The molecule has 0 radical (unpaired) electrons. The SMILES string of the molecule is CC(CNC(=O)C(N)Cc1ccccc1)c1nccs1. The molecule has 1 aromatic heterocycles. The predicted octanol–water partition coefficient (Wildman–Crippen LogP) is 1.93. The van der Waals surface area contributed by atoms with Crippen molar-refractivity contribution in [2.75, 3.05) is 6.54 Å². The molecule has 1 aromatic carbocycles. The molecule has 2 unspecified atom stereocenters. The van der Waals surface area contributed by atoms with Gasteiger partial charge in [-0.05, 0) is 12.0 Å². The summed E-state index contributed by atoms with van der Waals surface area (Å²) in [6, 6.07) is 9.29. The quantitative estimate of drug-likeness (QED) is 0.854. The number of carbonyl (C=O) groups is 1. The third-order valence-corrected chi connectivity index (χ3v) is 4.10. The van der Waals surface area contributed by atoms with E-state index in [-0.39, 0.29) is 11.8 Å². The molecule has 0 aliphatic carbocycles. The first-order valence-corrected chi connectivity index (χ1v) is 7.51. The van der Waals surface area contributed by atoms with Crippen molar-refractivity contribution in [3.05, 3.63) is 52.5 Å². The standard InChI is InChI=1S/C15H19N3OS/c1-11(15-17-7-8-20-15)10-18-14(19)13(16)9-12-5-3-2-4-6-12/h2-8,11,13H,9-10,16H2,1H3,(H,18,19). The summed E-state index contributed by atoms with van der Waals surface area (Å²) >= 11 is 1.60. The summed E-state index contributed by atoms with van der Waals surface area (Å²) < 4.78 is 0. The number of hydrogen-bond acceptors (Lipinski definition) is 4. The van der Waals surface area contributed by atoms with Gasteiger partial charge in [0.25, 0.3) is 0 Å². The van der Waals surface area contributed by atoms with Gasteiger partial charge in [0.1, 0.15) is 0 Å². The Morgan fingerprint density at radius 3 is 2.80 bits per heavy atom. The van der Waals surface area contributed by atoms with Crippen molar-refractivity contribution in [3.63, 3.8) is 0 Å². The zero-order valence-corrected chi connectivity index (χ0v) is 12.3. The fourth-order valence-electron chi connectivity index (χ4n) is 1.91. The topological polar surface area (TPSA) is 68.0 Å². The van der Waals surface area contributed by atoms with E-state index in [2.05, 4.69) is 10.3 Å². The molecule has 0 fully saturated rings. The van der Waals surface area contributed by atoms with Crippen LogP contribution < -0.4 is 11.1 Å². The van der Waals surface area contributed by atoms with Gasteiger partial charge in [0, 0.05) is 24.0 Å². The van der Waals surface area contributed by atoms with Gasteiger partial charge in [0.15, 0.2) is 0 Å². The van der Waals surface area contributed by atoms with Crippen LogP contribution in [-0.2, 0) is 11.2 Å². The molecule has 3 N–H and O–H groups in total. The van der Waals surface area contributed by atoms with Gasteiger partial charge in [-0.3, -0.25) is 4.79 Å². The van der Waals surface area contributed by atoms with Gasteiger partial charge in [-0.1, -0.05) is 37.3 Å². The molecule has 5 heteroatoms.